The maximum absolute atomic E-state index is 2.48. The lowest BCUT2D eigenvalue weighted by Gasteiger charge is -2.36. The Labute approximate surface area is 178 Å². The first kappa shape index (κ1) is 18.3. The molecule has 4 aromatic carbocycles. The molecule has 1 aliphatic heterocycles. The molecule has 0 saturated heterocycles. The van der Waals surface area contributed by atoms with Crippen LogP contribution in [-0.4, -0.2) is 8.07 Å². The van der Waals surface area contributed by atoms with Gasteiger partial charge in [0, 0.05) is 21.2 Å². The fraction of sp³-hybridized carbons (Fsp3) is 0.0769. The molecule has 0 aromatic heterocycles. The van der Waals surface area contributed by atoms with Gasteiger partial charge >= 0.3 is 0 Å². The van der Waals surface area contributed by atoms with E-state index in [-0.39, 0.29) is 0 Å². The Balaban J connectivity index is 1.75. The number of para-hydroxylation sites is 2. The minimum atomic E-state index is -1.76. The first-order valence-corrected chi connectivity index (χ1v) is 13.8. The molecule has 0 radical (unpaired) electrons. The van der Waals surface area contributed by atoms with Gasteiger partial charge in [0.1, 0.15) is 8.07 Å². The van der Waals surface area contributed by atoms with Gasteiger partial charge in [0.15, 0.2) is 0 Å². The predicted molar refractivity (Wildman–Crippen MR) is 128 cm³/mol. The first-order chi connectivity index (χ1) is 14.2. The summed E-state index contributed by atoms with van der Waals surface area (Å²) in [6.45, 7) is 4.95. The van der Waals surface area contributed by atoms with Crippen molar-refractivity contribution in [3.63, 3.8) is 0 Å². The van der Waals surface area contributed by atoms with E-state index in [9.17, 15) is 0 Å². The van der Waals surface area contributed by atoms with Gasteiger partial charge in [-0.05, 0) is 46.8 Å². The number of fused-ring (bicyclic) bond motifs is 2. The SMILES string of the molecule is C[Si]1(C)c2ccccc2Sc2c(N(c3ccccc3)c3ccccc3)cccc21. The second kappa shape index (κ2) is 7.25. The lowest BCUT2D eigenvalue weighted by molar-refractivity contribution is 1.23. The van der Waals surface area contributed by atoms with Gasteiger partial charge in [-0.1, -0.05) is 91.6 Å². The van der Waals surface area contributed by atoms with Gasteiger partial charge in [-0.2, -0.15) is 0 Å². The summed E-state index contributed by atoms with van der Waals surface area (Å²) in [5.74, 6) is 0. The maximum Gasteiger partial charge on any atom is 0.115 e. The molecule has 3 heteroatoms. The Morgan fingerprint density at radius 3 is 1.79 bits per heavy atom. The number of rotatable bonds is 3. The Bertz CT molecular complexity index is 1120. The van der Waals surface area contributed by atoms with Crippen LogP contribution in [0.15, 0.2) is 113 Å². The van der Waals surface area contributed by atoms with E-state index in [1.165, 1.54) is 32.0 Å². The summed E-state index contributed by atoms with van der Waals surface area (Å²) < 4.78 is 0. The van der Waals surface area contributed by atoms with Crippen molar-refractivity contribution in [2.45, 2.75) is 22.9 Å². The predicted octanol–water partition coefficient (Wildman–Crippen LogP) is 6.44. The van der Waals surface area contributed by atoms with Crippen molar-refractivity contribution in [1.82, 2.24) is 0 Å². The van der Waals surface area contributed by atoms with E-state index in [0.717, 1.165) is 0 Å². The number of hydrogen-bond acceptors (Lipinski definition) is 2. The van der Waals surface area contributed by atoms with Crippen molar-refractivity contribution < 1.29 is 0 Å². The molecule has 0 aliphatic carbocycles. The van der Waals surface area contributed by atoms with Gasteiger partial charge in [0.05, 0.1) is 5.69 Å². The zero-order valence-electron chi connectivity index (χ0n) is 16.7. The molecule has 4 aromatic rings. The number of nitrogens with zero attached hydrogens (tertiary/aromatic N) is 1. The molecular formula is C26H23NSSi. The first-order valence-electron chi connectivity index (χ1n) is 9.97. The standard InChI is InChI=1S/C26H23NSSi/c1-29(2)24-18-10-9-17-23(24)28-26-22(16-11-19-25(26)29)27(20-12-5-3-6-13-20)21-14-7-4-8-15-21/h3-19H,1-2H3. The molecule has 142 valence electrons. The normalized spacial score (nSPS) is 14.0. The van der Waals surface area contributed by atoms with Crippen LogP contribution >= 0.6 is 11.8 Å². The van der Waals surface area contributed by atoms with Gasteiger partial charge in [0.2, 0.25) is 0 Å². The van der Waals surface area contributed by atoms with Gasteiger partial charge in [-0.25, -0.2) is 0 Å². The van der Waals surface area contributed by atoms with Crippen molar-refractivity contribution in [1.29, 1.82) is 0 Å². The van der Waals surface area contributed by atoms with Crippen LogP contribution in [-0.2, 0) is 0 Å². The summed E-state index contributed by atoms with van der Waals surface area (Å²) in [6.07, 6.45) is 0. The molecular weight excluding hydrogens is 386 g/mol. The van der Waals surface area contributed by atoms with Crippen molar-refractivity contribution in [2.24, 2.45) is 0 Å². The van der Waals surface area contributed by atoms with Crippen LogP contribution in [0.2, 0.25) is 13.1 Å². The summed E-state index contributed by atoms with van der Waals surface area (Å²) >= 11 is 1.92. The van der Waals surface area contributed by atoms with E-state index in [1.54, 1.807) is 5.19 Å². The fourth-order valence-corrected chi connectivity index (χ4v) is 9.74. The van der Waals surface area contributed by atoms with Crippen LogP contribution in [0.4, 0.5) is 17.1 Å². The number of benzene rings is 4. The van der Waals surface area contributed by atoms with E-state index in [0.29, 0.717) is 0 Å². The quantitative estimate of drug-likeness (QED) is 0.358. The Kier molecular flexibility index (Phi) is 4.57. The van der Waals surface area contributed by atoms with Gasteiger partial charge < -0.3 is 4.90 Å². The third-order valence-corrected chi connectivity index (χ3v) is 10.8. The summed E-state index contributed by atoms with van der Waals surface area (Å²) in [5, 5.41) is 3.07. The third-order valence-electron chi connectivity index (χ3n) is 5.71. The summed E-state index contributed by atoms with van der Waals surface area (Å²) in [7, 11) is -1.76. The van der Waals surface area contributed by atoms with Crippen molar-refractivity contribution in [2.75, 3.05) is 4.90 Å². The smallest absolute Gasteiger partial charge is 0.115 e. The van der Waals surface area contributed by atoms with E-state index in [4.69, 9.17) is 0 Å². The lowest BCUT2D eigenvalue weighted by atomic mass is 10.2. The van der Waals surface area contributed by atoms with Crippen LogP contribution in [0, 0.1) is 0 Å². The number of anilines is 3. The Hall–Kier alpha value is -2.75. The van der Waals surface area contributed by atoms with Gasteiger partial charge in [-0.15, -0.1) is 0 Å². The molecule has 0 bridgehead atoms. The summed E-state index contributed by atoms with van der Waals surface area (Å²) in [6, 6.07) is 37.2. The summed E-state index contributed by atoms with van der Waals surface area (Å²) in [4.78, 5) is 5.20. The molecule has 0 saturated carbocycles. The van der Waals surface area contributed by atoms with E-state index < -0.39 is 8.07 Å². The molecule has 1 nitrogen and oxygen atoms in total. The highest BCUT2D eigenvalue weighted by atomic mass is 32.2. The Morgan fingerprint density at radius 1 is 0.586 bits per heavy atom. The molecule has 1 heterocycles. The molecule has 0 N–H and O–H groups in total. The monoisotopic (exact) mass is 409 g/mol. The summed E-state index contributed by atoms with van der Waals surface area (Å²) in [5.41, 5.74) is 3.64. The zero-order chi connectivity index (χ0) is 19.8. The minimum Gasteiger partial charge on any atom is -0.309 e. The maximum atomic E-state index is 2.48. The van der Waals surface area contributed by atoms with Crippen LogP contribution in [0.5, 0.6) is 0 Å². The van der Waals surface area contributed by atoms with Gasteiger partial charge in [0.25, 0.3) is 0 Å². The van der Waals surface area contributed by atoms with Crippen molar-refractivity contribution >= 4 is 47.3 Å². The fourth-order valence-electron chi connectivity index (χ4n) is 4.21. The highest BCUT2D eigenvalue weighted by molar-refractivity contribution is 8.00. The van der Waals surface area contributed by atoms with Gasteiger partial charge in [-0.3, -0.25) is 0 Å². The van der Waals surface area contributed by atoms with Crippen LogP contribution < -0.4 is 15.3 Å². The second-order valence-corrected chi connectivity index (χ2v) is 13.3. The number of hydrogen-bond donors (Lipinski definition) is 0. The molecule has 0 unspecified atom stereocenters. The van der Waals surface area contributed by atoms with Crippen LogP contribution in [0.25, 0.3) is 0 Å². The largest absolute Gasteiger partial charge is 0.309 e. The van der Waals surface area contributed by atoms with Crippen molar-refractivity contribution in [3.05, 3.63) is 103 Å². The van der Waals surface area contributed by atoms with Crippen LogP contribution in [0.1, 0.15) is 0 Å². The molecule has 1 aliphatic rings. The molecule has 29 heavy (non-hydrogen) atoms. The second-order valence-electron chi connectivity index (χ2n) is 7.88. The average molecular weight is 410 g/mol. The topological polar surface area (TPSA) is 3.24 Å². The molecule has 0 atom stereocenters. The van der Waals surface area contributed by atoms with E-state index in [1.807, 2.05) is 11.8 Å². The van der Waals surface area contributed by atoms with E-state index in [2.05, 4.69) is 121 Å². The highest BCUT2D eigenvalue weighted by Gasteiger charge is 2.36. The molecule has 0 amide bonds. The minimum absolute atomic E-state index is 1.19. The molecule has 5 rings (SSSR count). The Morgan fingerprint density at radius 2 is 1.14 bits per heavy atom. The van der Waals surface area contributed by atoms with Crippen molar-refractivity contribution in [3.8, 4) is 0 Å². The van der Waals surface area contributed by atoms with Crippen LogP contribution in [0.3, 0.4) is 0 Å². The lowest BCUT2D eigenvalue weighted by Crippen LogP contribution is -2.56. The average Bonchev–Trinajstić information content (AvgIpc) is 2.76. The van der Waals surface area contributed by atoms with E-state index >= 15 is 0 Å². The highest BCUT2D eigenvalue weighted by Crippen LogP contribution is 2.43. The zero-order valence-corrected chi connectivity index (χ0v) is 18.5. The molecule has 0 spiro atoms. The molecule has 0 fully saturated rings. The third kappa shape index (κ3) is 3.11.